The summed E-state index contributed by atoms with van der Waals surface area (Å²) in [7, 11) is 0. The van der Waals surface area contributed by atoms with E-state index in [9.17, 15) is 91.6 Å². The van der Waals surface area contributed by atoms with Crippen LogP contribution < -0.4 is 10.4 Å². The second-order valence-electron chi connectivity index (χ2n) is 21.8. The highest BCUT2D eigenvalue weighted by Gasteiger charge is 2.57. The van der Waals surface area contributed by atoms with Gasteiger partial charge in [0.1, 0.15) is 158 Å². The molecule has 86 heavy (non-hydrogen) atoms. The van der Waals surface area contributed by atoms with Gasteiger partial charge in [0.25, 0.3) is 0 Å². The summed E-state index contributed by atoms with van der Waals surface area (Å²) in [5.74, 6) is 0.0352. The molecule has 7 saturated heterocycles. The highest BCUT2D eigenvalue weighted by molar-refractivity contribution is 5.81. The monoisotopic (exact) mass is 1240 g/mol. The summed E-state index contributed by atoms with van der Waals surface area (Å²) in [4.78, 5) is 12.0. The van der Waals surface area contributed by atoms with Gasteiger partial charge < -0.3 is 158 Å². The Morgan fingerprint density at radius 1 is 0.453 bits per heavy atom. The molecule has 3 aromatic rings. The molecule has 0 amide bonds. The van der Waals surface area contributed by atoms with Crippen molar-refractivity contribution in [2.24, 2.45) is 0 Å². The third-order valence-electron chi connectivity index (χ3n) is 16.1. The number of ether oxygens (including phenoxy) is 14. The Labute approximate surface area is 486 Å². The molecule has 0 bridgehead atoms. The van der Waals surface area contributed by atoms with Crippen LogP contribution in [-0.4, -0.2) is 311 Å². The second-order valence-corrected chi connectivity index (χ2v) is 21.8. The van der Waals surface area contributed by atoms with Crippen LogP contribution in [-0.2, 0) is 61.6 Å². The van der Waals surface area contributed by atoms with Crippen molar-refractivity contribution in [2.75, 3.05) is 39.6 Å². The first kappa shape index (κ1) is 65.2. The molecule has 7 aliphatic rings. The molecule has 10 rings (SSSR count). The minimum absolute atomic E-state index is 0.0352. The van der Waals surface area contributed by atoms with Crippen LogP contribution in [0.5, 0.6) is 5.75 Å². The number of aliphatic hydroxyl groups excluding tert-OH is 17. The largest absolute Gasteiger partial charge is 0.462 e. The van der Waals surface area contributed by atoms with Crippen molar-refractivity contribution in [2.45, 2.75) is 197 Å². The fourth-order valence-corrected chi connectivity index (χ4v) is 11.3. The van der Waals surface area contributed by atoms with E-state index >= 15 is 0 Å². The lowest BCUT2D eigenvalue weighted by Gasteiger charge is -2.49. The first-order valence-corrected chi connectivity index (χ1v) is 27.6. The first-order valence-electron chi connectivity index (χ1n) is 27.6. The Hall–Kier alpha value is -3.75. The average molecular weight is 1240 g/mol. The van der Waals surface area contributed by atoms with E-state index in [1.807, 2.05) is 0 Å². The molecule has 8 heterocycles. The van der Waals surface area contributed by atoms with Crippen LogP contribution in [0.25, 0.3) is 11.0 Å². The van der Waals surface area contributed by atoms with Gasteiger partial charge in [-0.15, -0.1) is 0 Å². The van der Waals surface area contributed by atoms with E-state index < -0.39 is 229 Å². The minimum Gasteiger partial charge on any atom is -0.462 e. The fourth-order valence-electron chi connectivity index (χ4n) is 11.3. The van der Waals surface area contributed by atoms with E-state index in [1.54, 1.807) is 43.3 Å². The third-order valence-corrected chi connectivity index (χ3v) is 16.1. The van der Waals surface area contributed by atoms with Gasteiger partial charge in [-0.1, -0.05) is 30.3 Å². The van der Waals surface area contributed by atoms with E-state index in [0.29, 0.717) is 16.5 Å². The number of hydrogen-bond acceptors (Lipinski definition) is 33. The Kier molecular flexibility index (Phi) is 21.1. The van der Waals surface area contributed by atoms with Crippen molar-refractivity contribution >= 4 is 11.0 Å². The van der Waals surface area contributed by atoms with E-state index in [-0.39, 0.29) is 17.9 Å². The Morgan fingerprint density at radius 2 is 0.895 bits per heavy atom. The van der Waals surface area contributed by atoms with Gasteiger partial charge in [0.05, 0.1) is 39.6 Å². The van der Waals surface area contributed by atoms with Crippen LogP contribution in [0.1, 0.15) is 17.4 Å². The molecule has 1 unspecified atom stereocenters. The molecule has 33 heteroatoms. The lowest BCUT2D eigenvalue weighted by molar-refractivity contribution is -0.394. The number of hydrogen-bond donors (Lipinski definition) is 17. The van der Waals surface area contributed by atoms with Crippen molar-refractivity contribution < 1.29 is 158 Å². The summed E-state index contributed by atoms with van der Waals surface area (Å²) in [5, 5.41) is 187. The van der Waals surface area contributed by atoms with Crippen molar-refractivity contribution in [3.63, 3.8) is 0 Å². The fraction of sp³-hybridized carbons (Fsp3) is 0.717. The molecule has 31 atom stereocenters. The number of aryl methyl sites for hydroxylation is 1. The van der Waals surface area contributed by atoms with Gasteiger partial charge in [0.2, 0.25) is 6.29 Å². The molecule has 0 aliphatic carbocycles. The lowest BCUT2D eigenvalue weighted by Crippen LogP contribution is -2.67. The van der Waals surface area contributed by atoms with Crippen LogP contribution in [0.2, 0.25) is 0 Å². The Morgan fingerprint density at radius 3 is 1.42 bits per heavy atom. The third kappa shape index (κ3) is 13.2. The maximum atomic E-state index is 12.0. The Balaban J connectivity index is 0.719. The molecule has 7 aliphatic heterocycles. The SMILES string of the molecule is Cc1cc(=O)oc2cc(O[C@H]3O[C@H](CO)[C@@H](O[C@H]4O[C@H](CO)[C@@H](O[C@H]5O[C@H](CO[C@H]6O[C@H](CO)[C@@H](O[C@H]7O[C@H](CO)[C@@H](O[C@H]8O[C@@H]9COC(c%10ccccc%10)O[C@H]9[C@H](O)[C@H]8O)[C@H](O)[C@H]7O)[C@H](O)[C@H]6O)[C@@H](O)[C@H](O)[C@H]5O)[C@H](O)[C@H]4O)[C@H](O)[C@H]3O)ccc12. The Bertz CT molecular complexity index is 2700. The van der Waals surface area contributed by atoms with Crippen LogP contribution in [0.4, 0.5) is 0 Å². The maximum absolute atomic E-state index is 12.0. The zero-order chi connectivity index (χ0) is 61.6. The van der Waals surface area contributed by atoms with Crippen LogP contribution >= 0.6 is 0 Å². The molecule has 482 valence electrons. The number of aliphatic hydroxyl groups is 17. The smallest absolute Gasteiger partial charge is 0.336 e. The molecule has 33 nitrogen and oxygen atoms in total. The molecule has 0 saturated carbocycles. The number of benzene rings is 2. The predicted molar refractivity (Wildman–Crippen MR) is 272 cm³/mol. The highest BCUT2D eigenvalue weighted by Crippen LogP contribution is 2.39. The zero-order valence-electron chi connectivity index (χ0n) is 45.5. The summed E-state index contributed by atoms with van der Waals surface area (Å²) >= 11 is 0. The van der Waals surface area contributed by atoms with Crippen LogP contribution in [0.3, 0.4) is 0 Å². The van der Waals surface area contributed by atoms with Gasteiger partial charge in [0.15, 0.2) is 37.7 Å². The minimum atomic E-state index is -2.13. The molecule has 1 aromatic heterocycles. The zero-order valence-corrected chi connectivity index (χ0v) is 45.5. The topological polar surface area (TPSA) is 503 Å². The van der Waals surface area contributed by atoms with Gasteiger partial charge >= 0.3 is 5.63 Å². The van der Waals surface area contributed by atoms with Crippen LogP contribution in [0, 0.1) is 6.92 Å². The molecule has 2 aromatic carbocycles. The second kappa shape index (κ2) is 27.8. The predicted octanol–water partition coefficient (Wildman–Crippen LogP) is -8.84. The van der Waals surface area contributed by atoms with Crippen molar-refractivity contribution in [3.8, 4) is 5.75 Å². The van der Waals surface area contributed by atoms with E-state index in [0.717, 1.165) is 0 Å². The number of fused-ring (bicyclic) bond motifs is 2. The first-order chi connectivity index (χ1) is 41.1. The lowest BCUT2D eigenvalue weighted by atomic mass is 9.95. The quantitative estimate of drug-likeness (QED) is 0.0526. The van der Waals surface area contributed by atoms with Gasteiger partial charge in [-0.3, -0.25) is 0 Å². The molecule has 7 fully saturated rings. The molecule has 0 spiro atoms. The van der Waals surface area contributed by atoms with E-state index in [4.69, 9.17) is 70.7 Å². The standard InChI is InChI=1S/C53H72O33/c1-17-9-28(58)75-21-10-19(7-8-20(17)21)74-49-38(68)32(62)43(23(12-55)77-49)85-52-39(69)33(63)44(24(13-56)78-52)83-50-36(66)30(60)29(59)26(80-50)15-73-48-37(67)31(61)42(22(11-54)76-48)84-51-40(70)34(64)45(25(14-57)79-51)86-53-41(71)35(65)46-27(81-53)16-72-47(82-46)18-5-3-2-4-6-18/h2-10,22-27,29-57,59-71H,11-16H2,1H3/t22-,23-,24-,25-,26-,27-,29-,30+,31-,32-,33-,34-,35-,36-,37-,38-,39-,40-,41-,42-,43-,44-,45-,46-,47?,48+,49+,50-,51-,52-,53-/m1/s1. The molecule has 0 radical (unpaired) electrons. The number of rotatable bonds is 18. The summed E-state index contributed by atoms with van der Waals surface area (Å²) in [5.41, 5.74) is 0.772. The van der Waals surface area contributed by atoms with Gasteiger partial charge in [-0.25, -0.2) is 4.79 Å². The summed E-state index contributed by atoms with van der Waals surface area (Å²) in [6.45, 7) is -3.04. The van der Waals surface area contributed by atoms with E-state index in [1.165, 1.54) is 18.2 Å². The van der Waals surface area contributed by atoms with Gasteiger partial charge in [-0.05, 0) is 24.6 Å². The maximum Gasteiger partial charge on any atom is 0.336 e. The summed E-state index contributed by atoms with van der Waals surface area (Å²) in [6.07, 6.45) is -55.1. The van der Waals surface area contributed by atoms with Crippen molar-refractivity contribution in [1.82, 2.24) is 0 Å². The molecular weight excluding hydrogens is 1160 g/mol. The normalized spacial score (nSPS) is 45.8. The molecule has 17 N–H and O–H groups in total. The average Bonchev–Trinajstić information content (AvgIpc) is 3.47. The van der Waals surface area contributed by atoms with E-state index in [2.05, 4.69) is 0 Å². The van der Waals surface area contributed by atoms with Gasteiger partial charge in [-0.2, -0.15) is 0 Å². The summed E-state index contributed by atoms with van der Waals surface area (Å²) < 4.78 is 85.8. The molecular formula is C53H72O33. The van der Waals surface area contributed by atoms with Gasteiger partial charge in [0, 0.05) is 23.1 Å². The highest BCUT2D eigenvalue weighted by atomic mass is 16.8. The van der Waals surface area contributed by atoms with Crippen molar-refractivity contribution in [3.05, 3.63) is 76.1 Å². The van der Waals surface area contributed by atoms with Crippen molar-refractivity contribution in [1.29, 1.82) is 0 Å². The summed E-state index contributed by atoms with van der Waals surface area (Å²) in [6, 6.07) is 14.5. The van der Waals surface area contributed by atoms with Crippen LogP contribution in [0.15, 0.2) is 63.8 Å².